The summed E-state index contributed by atoms with van der Waals surface area (Å²) >= 11 is 0. The van der Waals surface area contributed by atoms with E-state index < -0.39 is 0 Å². The maximum absolute atomic E-state index is 5.61. The summed E-state index contributed by atoms with van der Waals surface area (Å²) in [6, 6.07) is 0.439. The van der Waals surface area contributed by atoms with E-state index in [1.165, 1.54) is 6.42 Å². The Hall–Kier alpha value is -0.120. The quantitative estimate of drug-likeness (QED) is 0.525. The van der Waals surface area contributed by atoms with Crippen LogP contribution in [0, 0.1) is 11.3 Å². The number of ether oxygens (including phenoxy) is 1. The van der Waals surface area contributed by atoms with Crippen LogP contribution in [0.25, 0.3) is 0 Å². The number of hydrogen-bond donors (Lipinski definition) is 2. The van der Waals surface area contributed by atoms with Crippen LogP contribution in [0.2, 0.25) is 0 Å². The van der Waals surface area contributed by atoms with Crippen LogP contribution in [-0.2, 0) is 4.74 Å². The van der Waals surface area contributed by atoms with Crippen LogP contribution < -0.4 is 11.3 Å². The van der Waals surface area contributed by atoms with Gasteiger partial charge in [-0.3, -0.25) is 11.3 Å². The van der Waals surface area contributed by atoms with Gasteiger partial charge < -0.3 is 4.74 Å². The third kappa shape index (κ3) is 3.44. The molecule has 1 aliphatic carbocycles. The fourth-order valence-electron chi connectivity index (χ4n) is 2.20. The van der Waals surface area contributed by atoms with E-state index in [1.54, 1.807) is 7.11 Å². The number of nitrogens with two attached hydrogens (primary N) is 1. The van der Waals surface area contributed by atoms with E-state index in [2.05, 4.69) is 33.1 Å². The molecule has 15 heavy (non-hydrogen) atoms. The number of methoxy groups -OCH3 is 1. The van der Waals surface area contributed by atoms with Gasteiger partial charge in [0.2, 0.25) is 0 Å². The van der Waals surface area contributed by atoms with Crippen LogP contribution >= 0.6 is 0 Å². The second kappa shape index (κ2) is 4.40. The van der Waals surface area contributed by atoms with Gasteiger partial charge in [0.25, 0.3) is 0 Å². The fraction of sp³-hybridized carbons (Fsp3) is 1.00. The largest absolute Gasteiger partial charge is 0.379 e. The van der Waals surface area contributed by atoms with E-state index in [0.29, 0.717) is 11.5 Å². The minimum atomic E-state index is -0.0336. The van der Waals surface area contributed by atoms with Crippen molar-refractivity contribution in [1.82, 2.24) is 5.43 Å². The molecule has 0 radical (unpaired) electrons. The first-order valence-electron chi connectivity index (χ1n) is 5.84. The summed E-state index contributed by atoms with van der Waals surface area (Å²) in [5.74, 6) is 6.35. The van der Waals surface area contributed by atoms with Crippen LogP contribution in [0.3, 0.4) is 0 Å². The number of nitrogens with one attached hydrogen (secondary N) is 1. The van der Waals surface area contributed by atoms with Crippen molar-refractivity contribution in [1.29, 1.82) is 0 Å². The van der Waals surface area contributed by atoms with Gasteiger partial charge in [-0.25, -0.2) is 0 Å². The summed E-state index contributed by atoms with van der Waals surface area (Å²) in [4.78, 5) is 0. The molecule has 0 aromatic carbocycles. The minimum absolute atomic E-state index is 0.0336. The van der Waals surface area contributed by atoms with Crippen molar-refractivity contribution in [2.45, 2.75) is 58.6 Å². The van der Waals surface area contributed by atoms with Gasteiger partial charge in [-0.1, -0.05) is 13.8 Å². The van der Waals surface area contributed by atoms with Gasteiger partial charge in [0.1, 0.15) is 0 Å². The van der Waals surface area contributed by atoms with Gasteiger partial charge in [0.05, 0.1) is 5.60 Å². The molecule has 0 bridgehead atoms. The summed E-state index contributed by atoms with van der Waals surface area (Å²) in [5.41, 5.74) is 3.41. The molecule has 2 atom stereocenters. The molecule has 0 aromatic heterocycles. The van der Waals surface area contributed by atoms with E-state index in [4.69, 9.17) is 10.6 Å². The molecule has 3 N–H and O–H groups in total. The zero-order valence-corrected chi connectivity index (χ0v) is 10.8. The smallest absolute Gasteiger partial charge is 0.0623 e. The Labute approximate surface area is 93.7 Å². The predicted octanol–water partition coefficient (Wildman–Crippen LogP) is 2.07. The van der Waals surface area contributed by atoms with Crippen LogP contribution in [0.15, 0.2) is 0 Å². The Morgan fingerprint density at radius 1 is 1.53 bits per heavy atom. The third-order valence-corrected chi connectivity index (χ3v) is 3.90. The van der Waals surface area contributed by atoms with Gasteiger partial charge in [-0.2, -0.15) is 0 Å². The van der Waals surface area contributed by atoms with Crippen molar-refractivity contribution in [3.05, 3.63) is 0 Å². The Morgan fingerprint density at radius 2 is 2.07 bits per heavy atom. The highest BCUT2D eigenvalue weighted by atomic mass is 16.5. The number of hydrazine groups is 1. The Bertz CT molecular complexity index is 214. The molecule has 1 aliphatic rings. The van der Waals surface area contributed by atoms with Gasteiger partial charge in [0.15, 0.2) is 0 Å². The van der Waals surface area contributed by atoms with E-state index in [1.807, 2.05) is 0 Å². The molecule has 0 saturated heterocycles. The lowest BCUT2D eigenvalue weighted by Crippen LogP contribution is -2.39. The molecule has 1 rings (SSSR count). The number of hydrogen-bond acceptors (Lipinski definition) is 3. The molecular weight excluding hydrogens is 188 g/mol. The van der Waals surface area contributed by atoms with Crippen molar-refractivity contribution in [2.75, 3.05) is 7.11 Å². The minimum Gasteiger partial charge on any atom is -0.379 e. The molecule has 1 fully saturated rings. The van der Waals surface area contributed by atoms with E-state index in [-0.39, 0.29) is 5.60 Å². The first-order chi connectivity index (χ1) is 6.82. The first-order valence-corrected chi connectivity index (χ1v) is 5.84. The Balaban J connectivity index is 2.36. The second-order valence-electron chi connectivity index (χ2n) is 6.07. The standard InChI is InChI=1S/C12H26N2O/c1-11(2)8-9(11)10(14-13)6-7-12(3,4)15-5/h9-10,14H,6-8,13H2,1-5H3. The molecule has 3 heteroatoms. The summed E-state index contributed by atoms with van der Waals surface area (Å²) in [5, 5.41) is 0. The molecule has 0 heterocycles. The molecule has 0 amide bonds. The molecule has 1 saturated carbocycles. The maximum Gasteiger partial charge on any atom is 0.0623 e. The van der Waals surface area contributed by atoms with Crippen molar-refractivity contribution in [3.63, 3.8) is 0 Å². The topological polar surface area (TPSA) is 47.3 Å². The Morgan fingerprint density at radius 3 is 2.40 bits per heavy atom. The normalized spacial score (nSPS) is 26.4. The lowest BCUT2D eigenvalue weighted by molar-refractivity contribution is 0.0109. The predicted molar refractivity (Wildman–Crippen MR) is 63.3 cm³/mol. The van der Waals surface area contributed by atoms with E-state index in [9.17, 15) is 0 Å². The lowest BCUT2D eigenvalue weighted by atomic mass is 9.94. The van der Waals surface area contributed by atoms with Crippen LogP contribution in [-0.4, -0.2) is 18.8 Å². The van der Waals surface area contributed by atoms with Crippen molar-refractivity contribution in [2.24, 2.45) is 17.2 Å². The highest BCUT2D eigenvalue weighted by molar-refractivity contribution is 5.01. The molecular formula is C12H26N2O. The van der Waals surface area contributed by atoms with Crippen LogP contribution in [0.4, 0.5) is 0 Å². The van der Waals surface area contributed by atoms with Crippen molar-refractivity contribution < 1.29 is 4.74 Å². The lowest BCUT2D eigenvalue weighted by Gasteiger charge is -2.26. The molecule has 2 unspecified atom stereocenters. The number of rotatable bonds is 6. The van der Waals surface area contributed by atoms with Crippen molar-refractivity contribution in [3.8, 4) is 0 Å². The molecule has 0 spiro atoms. The first kappa shape index (κ1) is 12.9. The third-order valence-electron chi connectivity index (χ3n) is 3.90. The zero-order chi connectivity index (χ0) is 11.7. The summed E-state index contributed by atoms with van der Waals surface area (Å²) in [7, 11) is 1.77. The van der Waals surface area contributed by atoms with Gasteiger partial charge in [0, 0.05) is 13.2 Å². The summed E-state index contributed by atoms with van der Waals surface area (Å²) in [6.07, 6.45) is 3.42. The monoisotopic (exact) mass is 214 g/mol. The molecule has 90 valence electrons. The van der Waals surface area contributed by atoms with Gasteiger partial charge >= 0.3 is 0 Å². The van der Waals surface area contributed by atoms with Gasteiger partial charge in [-0.05, 0) is 44.4 Å². The van der Waals surface area contributed by atoms with Crippen LogP contribution in [0.5, 0.6) is 0 Å². The van der Waals surface area contributed by atoms with E-state index in [0.717, 1.165) is 18.8 Å². The highest BCUT2D eigenvalue weighted by Crippen LogP contribution is 2.54. The second-order valence-corrected chi connectivity index (χ2v) is 6.07. The average Bonchev–Trinajstić information content (AvgIpc) is 2.76. The van der Waals surface area contributed by atoms with Crippen LogP contribution in [0.1, 0.15) is 47.0 Å². The fourth-order valence-corrected chi connectivity index (χ4v) is 2.20. The van der Waals surface area contributed by atoms with Gasteiger partial charge in [-0.15, -0.1) is 0 Å². The maximum atomic E-state index is 5.61. The van der Waals surface area contributed by atoms with Crippen molar-refractivity contribution >= 4 is 0 Å². The zero-order valence-electron chi connectivity index (χ0n) is 10.8. The van der Waals surface area contributed by atoms with E-state index >= 15 is 0 Å². The Kier molecular flexibility index (Phi) is 3.80. The average molecular weight is 214 g/mol. The highest BCUT2D eigenvalue weighted by Gasteiger charge is 2.49. The molecule has 3 nitrogen and oxygen atoms in total. The summed E-state index contributed by atoms with van der Waals surface area (Å²) < 4.78 is 5.42. The molecule has 0 aromatic rings. The SMILES string of the molecule is COC(C)(C)CCC(NN)C1CC1(C)C. The summed E-state index contributed by atoms with van der Waals surface area (Å²) in [6.45, 7) is 8.87. The molecule has 0 aliphatic heterocycles.